The molecule has 1 aliphatic carbocycles. The number of hydrogen-bond acceptors (Lipinski definition) is 3. The van der Waals surface area contributed by atoms with Crippen molar-refractivity contribution in [3.63, 3.8) is 0 Å². The van der Waals surface area contributed by atoms with Gasteiger partial charge in [0, 0.05) is 25.6 Å². The van der Waals surface area contributed by atoms with Crippen molar-refractivity contribution in [1.29, 1.82) is 0 Å². The van der Waals surface area contributed by atoms with Crippen molar-refractivity contribution in [2.45, 2.75) is 51.0 Å². The highest BCUT2D eigenvalue weighted by Crippen LogP contribution is 2.25. The van der Waals surface area contributed by atoms with E-state index in [2.05, 4.69) is 17.3 Å². The van der Waals surface area contributed by atoms with Gasteiger partial charge < -0.3 is 16.0 Å². The fourth-order valence-corrected chi connectivity index (χ4v) is 3.55. The maximum absolute atomic E-state index is 12.0. The van der Waals surface area contributed by atoms with Gasteiger partial charge in [-0.2, -0.15) is 0 Å². The van der Waals surface area contributed by atoms with E-state index in [9.17, 15) is 4.79 Å². The lowest BCUT2D eigenvalue weighted by molar-refractivity contribution is -0.122. The van der Waals surface area contributed by atoms with Crippen molar-refractivity contribution in [1.82, 2.24) is 10.2 Å². The van der Waals surface area contributed by atoms with Crippen molar-refractivity contribution in [3.05, 3.63) is 0 Å². The maximum atomic E-state index is 12.0. The Morgan fingerprint density at radius 1 is 1.26 bits per heavy atom. The molecule has 3 unspecified atom stereocenters. The van der Waals surface area contributed by atoms with E-state index in [4.69, 9.17) is 5.73 Å². The van der Waals surface area contributed by atoms with Crippen LogP contribution in [0, 0.1) is 11.8 Å². The average molecular weight is 267 g/mol. The first-order valence-corrected chi connectivity index (χ1v) is 7.84. The van der Waals surface area contributed by atoms with E-state index >= 15 is 0 Å². The number of likely N-dealkylation sites (tertiary alicyclic amines) is 1. The molecule has 0 aromatic heterocycles. The molecule has 0 bridgehead atoms. The van der Waals surface area contributed by atoms with E-state index in [0.29, 0.717) is 24.3 Å². The third-order valence-electron chi connectivity index (χ3n) is 4.61. The zero-order chi connectivity index (χ0) is 13.7. The number of rotatable bonds is 4. The third-order valence-corrected chi connectivity index (χ3v) is 4.61. The SMILES string of the molecule is CN1CCCC(CNC(=O)CC2CCCC(N)C2)C1. The number of carbonyl (C=O) groups is 1. The molecule has 2 fully saturated rings. The zero-order valence-electron chi connectivity index (χ0n) is 12.2. The van der Waals surface area contributed by atoms with Gasteiger partial charge in [-0.3, -0.25) is 4.79 Å². The molecule has 2 rings (SSSR count). The van der Waals surface area contributed by atoms with Crippen LogP contribution in [0.25, 0.3) is 0 Å². The summed E-state index contributed by atoms with van der Waals surface area (Å²) in [6.07, 6.45) is 7.70. The van der Waals surface area contributed by atoms with E-state index in [1.807, 2.05) is 0 Å². The van der Waals surface area contributed by atoms with Crippen LogP contribution in [0.2, 0.25) is 0 Å². The summed E-state index contributed by atoms with van der Waals surface area (Å²) in [7, 11) is 2.16. The van der Waals surface area contributed by atoms with Crippen LogP contribution >= 0.6 is 0 Å². The number of amides is 1. The number of nitrogens with two attached hydrogens (primary N) is 1. The Bertz CT molecular complexity index is 295. The Balaban J connectivity index is 1.63. The van der Waals surface area contributed by atoms with Crippen LogP contribution in [-0.4, -0.2) is 43.5 Å². The van der Waals surface area contributed by atoms with Gasteiger partial charge >= 0.3 is 0 Å². The highest BCUT2D eigenvalue weighted by molar-refractivity contribution is 5.76. The van der Waals surface area contributed by atoms with Crippen molar-refractivity contribution in [2.75, 3.05) is 26.7 Å². The quantitative estimate of drug-likeness (QED) is 0.808. The van der Waals surface area contributed by atoms with Gasteiger partial charge in [-0.05, 0) is 57.5 Å². The first-order valence-electron chi connectivity index (χ1n) is 7.84. The van der Waals surface area contributed by atoms with Gasteiger partial charge in [0.2, 0.25) is 5.91 Å². The molecule has 1 saturated heterocycles. The van der Waals surface area contributed by atoms with Crippen LogP contribution in [-0.2, 0) is 4.79 Å². The molecular weight excluding hydrogens is 238 g/mol. The van der Waals surface area contributed by atoms with Crippen LogP contribution in [0.5, 0.6) is 0 Å². The molecule has 2 aliphatic rings. The monoisotopic (exact) mass is 267 g/mol. The second kappa shape index (κ2) is 7.25. The minimum absolute atomic E-state index is 0.229. The Morgan fingerprint density at radius 3 is 2.79 bits per heavy atom. The molecule has 1 amide bonds. The molecule has 0 spiro atoms. The Kier molecular flexibility index (Phi) is 5.64. The van der Waals surface area contributed by atoms with Gasteiger partial charge in [-0.25, -0.2) is 0 Å². The molecule has 3 N–H and O–H groups in total. The minimum atomic E-state index is 0.229. The first-order chi connectivity index (χ1) is 9.13. The summed E-state index contributed by atoms with van der Waals surface area (Å²) in [5, 5.41) is 3.13. The van der Waals surface area contributed by atoms with Crippen LogP contribution in [0.3, 0.4) is 0 Å². The van der Waals surface area contributed by atoms with Crippen molar-refractivity contribution in [3.8, 4) is 0 Å². The predicted molar refractivity (Wildman–Crippen MR) is 77.8 cm³/mol. The summed E-state index contributed by atoms with van der Waals surface area (Å²) in [5.41, 5.74) is 5.97. The third kappa shape index (κ3) is 5.11. The van der Waals surface area contributed by atoms with Gasteiger partial charge in [-0.15, -0.1) is 0 Å². The van der Waals surface area contributed by atoms with Gasteiger partial charge in [0.1, 0.15) is 0 Å². The second-order valence-electron chi connectivity index (χ2n) is 6.57. The van der Waals surface area contributed by atoms with E-state index in [0.717, 1.165) is 25.9 Å². The minimum Gasteiger partial charge on any atom is -0.356 e. The van der Waals surface area contributed by atoms with Crippen molar-refractivity contribution >= 4 is 5.91 Å². The summed E-state index contributed by atoms with van der Waals surface area (Å²) in [4.78, 5) is 14.3. The molecule has 1 saturated carbocycles. The van der Waals surface area contributed by atoms with Gasteiger partial charge in [0.15, 0.2) is 0 Å². The fourth-order valence-electron chi connectivity index (χ4n) is 3.55. The van der Waals surface area contributed by atoms with Gasteiger partial charge in [0.25, 0.3) is 0 Å². The highest BCUT2D eigenvalue weighted by Gasteiger charge is 2.22. The fraction of sp³-hybridized carbons (Fsp3) is 0.933. The number of piperidine rings is 1. The van der Waals surface area contributed by atoms with Gasteiger partial charge in [0.05, 0.1) is 0 Å². The Hall–Kier alpha value is -0.610. The second-order valence-corrected chi connectivity index (χ2v) is 6.57. The molecular formula is C15H29N3O. The number of carbonyl (C=O) groups excluding carboxylic acids is 1. The van der Waals surface area contributed by atoms with E-state index in [1.54, 1.807) is 0 Å². The summed E-state index contributed by atoms with van der Waals surface area (Å²) in [6.45, 7) is 3.17. The number of nitrogens with zero attached hydrogens (tertiary/aromatic N) is 1. The van der Waals surface area contributed by atoms with E-state index in [-0.39, 0.29) is 5.91 Å². The molecule has 4 nitrogen and oxygen atoms in total. The van der Waals surface area contributed by atoms with Crippen LogP contribution in [0.1, 0.15) is 44.9 Å². The predicted octanol–water partition coefficient (Wildman–Crippen LogP) is 1.35. The Labute approximate surface area is 117 Å². The van der Waals surface area contributed by atoms with Crippen molar-refractivity contribution in [2.24, 2.45) is 17.6 Å². The van der Waals surface area contributed by atoms with Gasteiger partial charge in [-0.1, -0.05) is 6.42 Å². The number of hydrogen-bond donors (Lipinski definition) is 2. The largest absolute Gasteiger partial charge is 0.356 e. The summed E-state index contributed by atoms with van der Waals surface area (Å²) < 4.78 is 0. The molecule has 4 heteroatoms. The average Bonchev–Trinajstić information content (AvgIpc) is 2.36. The standard InChI is InChI=1S/C15H29N3O/c1-18-7-3-5-13(11-18)10-17-15(19)9-12-4-2-6-14(16)8-12/h12-14H,2-11,16H2,1H3,(H,17,19). The zero-order valence-corrected chi connectivity index (χ0v) is 12.2. The summed E-state index contributed by atoms with van der Waals surface area (Å²) >= 11 is 0. The highest BCUT2D eigenvalue weighted by atomic mass is 16.1. The topological polar surface area (TPSA) is 58.4 Å². The molecule has 110 valence electrons. The van der Waals surface area contributed by atoms with E-state index < -0.39 is 0 Å². The molecule has 0 aromatic carbocycles. The molecule has 0 aromatic rings. The summed E-state index contributed by atoms with van der Waals surface area (Å²) in [6, 6.07) is 0.318. The summed E-state index contributed by atoms with van der Waals surface area (Å²) in [5.74, 6) is 1.38. The Morgan fingerprint density at radius 2 is 2.05 bits per heavy atom. The van der Waals surface area contributed by atoms with Crippen LogP contribution < -0.4 is 11.1 Å². The number of nitrogens with one attached hydrogen (secondary N) is 1. The smallest absolute Gasteiger partial charge is 0.220 e. The van der Waals surface area contributed by atoms with Crippen LogP contribution in [0.15, 0.2) is 0 Å². The normalized spacial score (nSPS) is 33.1. The molecule has 19 heavy (non-hydrogen) atoms. The lowest BCUT2D eigenvalue weighted by Crippen LogP contribution is -2.39. The van der Waals surface area contributed by atoms with Crippen molar-refractivity contribution < 1.29 is 4.79 Å². The maximum Gasteiger partial charge on any atom is 0.220 e. The molecule has 1 heterocycles. The lowest BCUT2D eigenvalue weighted by atomic mass is 9.84. The van der Waals surface area contributed by atoms with Crippen LogP contribution in [0.4, 0.5) is 0 Å². The molecule has 0 radical (unpaired) electrons. The first kappa shape index (κ1) is 14.8. The molecule has 3 atom stereocenters. The molecule has 1 aliphatic heterocycles. The van der Waals surface area contributed by atoms with E-state index in [1.165, 1.54) is 32.2 Å². The lowest BCUT2D eigenvalue weighted by Gasteiger charge is -2.30.